The highest BCUT2D eigenvalue weighted by molar-refractivity contribution is 6.58. The Morgan fingerprint density at radius 3 is 1.54 bits per heavy atom. The van der Waals surface area contributed by atoms with Crippen LogP contribution in [-0.2, 0) is 54.4 Å². The predicted octanol–water partition coefficient (Wildman–Crippen LogP) is -2.60. The van der Waals surface area contributed by atoms with Gasteiger partial charge in [0.05, 0.1) is 39.3 Å². The fraction of sp³-hybridized carbons (Fsp3) is 0.500. The number of benzene rings is 2. The molecule has 0 aliphatic heterocycles. The van der Waals surface area contributed by atoms with Gasteiger partial charge in [-0.25, -0.2) is 0 Å². The number of unbranched alkanes of at least 4 members (excludes halogenated alkanes) is 8. The van der Waals surface area contributed by atoms with Crippen LogP contribution in [0.3, 0.4) is 0 Å². The van der Waals surface area contributed by atoms with E-state index in [1.807, 2.05) is 18.2 Å². The third-order valence-corrected chi connectivity index (χ3v) is 9.87. The van der Waals surface area contributed by atoms with Crippen LogP contribution in [0.4, 0.5) is 5.69 Å². The Balaban J connectivity index is 1.75. The smallest absolute Gasteiger partial charge is 0.423 e. The van der Waals surface area contributed by atoms with E-state index in [4.69, 9.17) is 5.73 Å². The molecule has 0 fully saturated rings. The van der Waals surface area contributed by atoms with E-state index in [-0.39, 0.29) is 42.7 Å². The van der Waals surface area contributed by atoms with Gasteiger partial charge in [-0.05, 0) is 36.0 Å². The van der Waals surface area contributed by atoms with E-state index < -0.39 is 112 Å². The Hall–Kier alpha value is -6.88. The van der Waals surface area contributed by atoms with E-state index in [0.29, 0.717) is 6.42 Å². The monoisotopic (exact) mass is 936 g/mol. The molecule has 366 valence electrons. The summed E-state index contributed by atoms with van der Waals surface area (Å²) in [6.07, 6.45) is 9.64. The number of carbonyl (C=O) groups is 10. The van der Waals surface area contributed by atoms with Crippen LogP contribution in [-0.4, -0.2) is 128 Å². The standard InChI is InChI=1S/C44H65BN10O12/c1-2-3-4-5-6-7-8-9-13-19-36(57)55-34(22-30-15-11-10-12-16-30)44(65)52-27-40(61)50-29-42(63)54-33(20-21-35(46)56)43(64)51-26-39(60)48-24-37(58)47-25-38(59)49-28-41(62)53-32-18-14-17-31(23-32)45(66)67/h10-12,14-18,23,33-34,66-67H,2-9,13,19-22,24-29H2,1H3,(H2,46,56)(H,47,58)(H,48,60)(H,49,59)(H,50,61)(H,51,64)(H,52,65)(H,53,62)(H,54,63)(H,55,57)/t33?,34-/m0/s1. The second kappa shape index (κ2) is 32.7. The zero-order chi connectivity index (χ0) is 49.4. The number of amides is 10. The first-order valence-electron chi connectivity index (χ1n) is 22.3. The molecule has 0 saturated carbocycles. The predicted molar refractivity (Wildman–Crippen MR) is 247 cm³/mol. The van der Waals surface area contributed by atoms with Crippen LogP contribution in [0.5, 0.6) is 0 Å². The molecule has 23 heteroatoms. The molecule has 1 unspecified atom stereocenters. The van der Waals surface area contributed by atoms with Crippen molar-refractivity contribution < 1.29 is 58.0 Å². The van der Waals surface area contributed by atoms with Gasteiger partial charge in [-0.1, -0.05) is 101 Å². The third-order valence-electron chi connectivity index (χ3n) is 9.87. The van der Waals surface area contributed by atoms with Gasteiger partial charge in [0.1, 0.15) is 12.1 Å². The van der Waals surface area contributed by atoms with Crippen molar-refractivity contribution in [3.05, 3.63) is 60.2 Å². The van der Waals surface area contributed by atoms with E-state index in [1.54, 1.807) is 12.1 Å². The lowest BCUT2D eigenvalue weighted by molar-refractivity contribution is -0.132. The molecular weight excluding hydrogens is 871 g/mol. The minimum Gasteiger partial charge on any atom is -0.423 e. The molecule has 0 aliphatic carbocycles. The molecule has 13 N–H and O–H groups in total. The maximum absolute atomic E-state index is 13.2. The van der Waals surface area contributed by atoms with Gasteiger partial charge in [-0.2, -0.15) is 0 Å². The Bertz CT molecular complexity index is 1960. The number of anilines is 1. The number of nitrogens with two attached hydrogens (primary N) is 1. The van der Waals surface area contributed by atoms with Gasteiger partial charge in [0, 0.05) is 24.9 Å². The van der Waals surface area contributed by atoms with E-state index >= 15 is 0 Å². The van der Waals surface area contributed by atoms with Crippen LogP contribution < -0.4 is 59.0 Å². The third kappa shape index (κ3) is 26.6. The van der Waals surface area contributed by atoms with Crippen LogP contribution in [0.15, 0.2) is 54.6 Å². The summed E-state index contributed by atoms with van der Waals surface area (Å²) >= 11 is 0. The van der Waals surface area contributed by atoms with Crippen molar-refractivity contribution >= 4 is 77.3 Å². The van der Waals surface area contributed by atoms with Crippen LogP contribution in [0.2, 0.25) is 0 Å². The van der Waals surface area contributed by atoms with Crippen LogP contribution >= 0.6 is 0 Å². The zero-order valence-electron chi connectivity index (χ0n) is 37.9. The molecule has 67 heavy (non-hydrogen) atoms. The van der Waals surface area contributed by atoms with E-state index in [9.17, 15) is 58.0 Å². The van der Waals surface area contributed by atoms with Crippen molar-refractivity contribution in [2.45, 2.75) is 102 Å². The number of hydrogen-bond donors (Lipinski definition) is 12. The molecule has 0 heterocycles. The highest BCUT2D eigenvalue weighted by Gasteiger charge is 2.24. The van der Waals surface area contributed by atoms with Gasteiger partial charge in [0.25, 0.3) is 0 Å². The molecule has 22 nitrogen and oxygen atoms in total. The second-order valence-electron chi connectivity index (χ2n) is 15.6. The van der Waals surface area contributed by atoms with Crippen molar-refractivity contribution in [2.24, 2.45) is 5.73 Å². The van der Waals surface area contributed by atoms with Crippen molar-refractivity contribution in [1.29, 1.82) is 0 Å². The average molecular weight is 937 g/mol. The minimum atomic E-state index is -1.74. The highest BCUT2D eigenvalue weighted by Crippen LogP contribution is 2.11. The molecule has 0 aromatic heterocycles. The largest absolute Gasteiger partial charge is 0.488 e. The molecule has 0 aliphatic rings. The summed E-state index contributed by atoms with van der Waals surface area (Å²) < 4.78 is 0. The first-order chi connectivity index (χ1) is 32.1. The van der Waals surface area contributed by atoms with Gasteiger partial charge in [0.15, 0.2) is 0 Å². The van der Waals surface area contributed by atoms with Gasteiger partial charge >= 0.3 is 7.12 Å². The number of hydrogen-bond acceptors (Lipinski definition) is 12. The van der Waals surface area contributed by atoms with Crippen LogP contribution in [0.25, 0.3) is 0 Å². The number of primary amides is 1. The van der Waals surface area contributed by atoms with Gasteiger partial charge in [0.2, 0.25) is 59.1 Å². The molecule has 0 saturated heterocycles. The lowest BCUT2D eigenvalue weighted by Crippen LogP contribution is -2.52. The normalized spacial score (nSPS) is 11.4. The van der Waals surface area contributed by atoms with Crippen molar-refractivity contribution in [1.82, 2.24) is 42.5 Å². The fourth-order valence-corrected chi connectivity index (χ4v) is 6.25. The summed E-state index contributed by atoms with van der Waals surface area (Å²) in [5.41, 5.74) is 6.41. The van der Waals surface area contributed by atoms with Crippen molar-refractivity contribution in [3.8, 4) is 0 Å². The minimum absolute atomic E-state index is 0.140. The maximum Gasteiger partial charge on any atom is 0.488 e. The SMILES string of the molecule is CCCCCCCCCCCC(=O)N[C@@H](Cc1ccccc1)C(=O)NCC(=O)NCC(=O)NC(CCC(N)=O)C(=O)NCC(=O)NCC(=O)NCC(=O)NCC(=O)Nc1cccc(B(O)O)c1. The molecule has 0 spiro atoms. The lowest BCUT2D eigenvalue weighted by atomic mass is 9.80. The Labute approximate surface area is 390 Å². The van der Waals surface area contributed by atoms with Crippen LogP contribution in [0, 0.1) is 0 Å². The molecule has 10 amide bonds. The highest BCUT2D eigenvalue weighted by atomic mass is 16.4. The molecule has 2 aromatic carbocycles. The van der Waals surface area contributed by atoms with Gasteiger partial charge < -0.3 is 63.6 Å². The number of nitrogens with one attached hydrogen (secondary N) is 9. The van der Waals surface area contributed by atoms with E-state index in [0.717, 1.165) is 24.8 Å². The molecule has 2 atom stereocenters. The Kier molecular flexibility index (Phi) is 27.5. The topological polar surface area (TPSA) is 345 Å². The quantitative estimate of drug-likeness (QED) is 0.0259. The van der Waals surface area contributed by atoms with E-state index in [2.05, 4.69) is 54.8 Å². The molecule has 2 rings (SSSR count). The maximum atomic E-state index is 13.2. The zero-order valence-corrected chi connectivity index (χ0v) is 37.9. The summed E-state index contributed by atoms with van der Waals surface area (Å²) in [5, 5.41) is 39.9. The molecule has 0 bridgehead atoms. The van der Waals surface area contributed by atoms with Crippen molar-refractivity contribution in [2.75, 3.05) is 44.6 Å². The first kappa shape index (κ1) is 56.3. The summed E-state index contributed by atoms with van der Waals surface area (Å²) in [7, 11) is -1.74. The summed E-state index contributed by atoms with van der Waals surface area (Å²) in [6, 6.07) is 12.4. The summed E-state index contributed by atoms with van der Waals surface area (Å²) in [6.45, 7) is -1.26. The number of rotatable bonds is 33. The fourth-order valence-electron chi connectivity index (χ4n) is 6.25. The molecular formula is C44H65BN10O12. The Morgan fingerprint density at radius 2 is 1.00 bits per heavy atom. The number of carbonyl (C=O) groups excluding carboxylic acids is 10. The lowest BCUT2D eigenvalue weighted by Gasteiger charge is -2.19. The van der Waals surface area contributed by atoms with Gasteiger partial charge in [-0.15, -0.1) is 0 Å². The van der Waals surface area contributed by atoms with Crippen LogP contribution in [0.1, 0.15) is 89.5 Å². The van der Waals surface area contributed by atoms with Crippen molar-refractivity contribution in [3.63, 3.8) is 0 Å². The van der Waals surface area contributed by atoms with Gasteiger partial charge in [-0.3, -0.25) is 47.9 Å². The summed E-state index contributed by atoms with van der Waals surface area (Å²) in [5.74, 6) is -7.16. The average Bonchev–Trinajstić information content (AvgIpc) is 3.30. The molecule has 2 aromatic rings. The van der Waals surface area contributed by atoms with E-state index in [1.165, 1.54) is 56.4 Å². The summed E-state index contributed by atoms with van der Waals surface area (Å²) in [4.78, 5) is 124. The first-order valence-corrected chi connectivity index (χ1v) is 22.3. The molecule has 0 radical (unpaired) electrons. The second-order valence-corrected chi connectivity index (χ2v) is 15.6. The Morgan fingerprint density at radius 1 is 0.522 bits per heavy atom.